The van der Waals surface area contributed by atoms with Crippen LogP contribution in [-0.4, -0.2) is 104 Å². The van der Waals surface area contributed by atoms with Gasteiger partial charge in [0.2, 0.25) is 11.8 Å². The highest BCUT2D eigenvalue weighted by Crippen LogP contribution is 2.55. The topological polar surface area (TPSA) is 172 Å². The zero-order valence-electron chi connectivity index (χ0n) is 36.5. The van der Waals surface area contributed by atoms with E-state index in [0.29, 0.717) is 41.5 Å². The minimum Gasteiger partial charge on any atom is -0.495 e. The Kier molecular flexibility index (Phi) is 12.8. The summed E-state index contributed by atoms with van der Waals surface area (Å²) >= 11 is 0. The number of nitriles is 1. The molecule has 7 rings (SSSR count). The molecule has 0 radical (unpaired) electrons. The van der Waals surface area contributed by atoms with Crippen molar-refractivity contribution in [3.63, 3.8) is 0 Å². The van der Waals surface area contributed by atoms with E-state index in [1.165, 1.54) is 25.3 Å². The normalized spacial score (nSPS) is 25.1. The summed E-state index contributed by atoms with van der Waals surface area (Å²) in [5.74, 6) is -1.20. The van der Waals surface area contributed by atoms with Gasteiger partial charge < -0.3 is 34.5 Å². The molecule has 330 valence electrons. The largest absolute Gasteiger partial charge is 0.495 e. The molecule has 2 aliphatic heterocycles. The number of nitrogens with one attached hydrogen (secondary N) is 3. The second-order valence-corrected chi connectivity index (χ2v) is 18.3. The van der Waals surface area contributed by atoms with Gasteiger partial charge in [0.15, 0.2) is 0 Å². The predicted molar refractivity (Wildman–Crippen MR) is 229 cm³/mol. The van der Waals surface area contributed by atoms with E-state index < -0.39 is 29.6 Å². The summed E-state index contributed by atoms with van der Waals surface area (Å²) < 4.78 is 39.0. The number of anilines is 1. The zero-order chi connectivity index (χ0) is 44.5. The number of piperidine rings is 1. The van der Waals surface area contributed by atoms with Crippen LogP contribution in [0.4, 0.5) is 10.1 Å². The molecule has 4 aliphatic rings. The van der Waals surface area contributed by atoms with Crippen LogP contribution in [0.15, 0.2) is 60.7 Å². The summed E-state index contributed by atoms with van der Waals surface area (Å²) in [5, 5.41) is 17.4. The first-order valence-corrected chi connectivity index (χ1v) is 21.4. The fourth-order valence-corrected chi connectivity index (χ4v) is 9.81. The third-order valence-electron chi connectivity index (χ3n) is 12.9. The van der Waals surface area contributed by atoms with Crippen LogP contribution in [0, 0.1) is 28.0 Å². The highest BCUT2D eigenvalue weighted by Gasteiger charge is 2.64. The minimum atomic E-state index is -0.915. The van der Waals surface area contributed by atoms with E-state index in [4.69, 9.17) is 18.9 Å². The SMILES string of the molecule is COc1cc(OC2C(C)(C)C(NC(=O)c3ccc(N4CCOC(CN(C(C)C)C5CC(Oc6ccc(F)c(C(=O)N[C@H]7CCC(=O)NC7=O)c6)C5)C4)cc3)C2(C)C)ccc1C#N. The van der Waals surface area contributed by atoms with Gasteiger partial charge in [-0.05, 0) is 74.9 Å². The molecular weight excluding hydrogens is 796 g/mol. The number of nitrogens with zero attached hydrogens (tertiary/aromatic N) is 3. The number of hydrogen-bond acceptors (Lipinski definition) is 11. The molecule has 4 amide bonds. The van der Waals surface area contributed by atoms with Gasteiger partial charge in [-0.1, -0.05) is 27.7 Å². The smallest absolute Gasteiger partial charge is 0.255 e. The first kappa shape index (κ1) is 44.3. The lowest BCUT2D eigenvalue weighted by Crippen LogP contribution is -2.74. The van der Waals surface area contributed by atoms with E-state index in [1.807, 2.05) is 24.3 Å². The van der Waals surface area contributed by atoms with Crippen LogP contribution in [0.3, 0.4) is 0 Å². The molecular formula is C47H57FN6O8. The van der Waals surface area contributed by atoms with Crippen molar-refractivity contribution in [2.45, 2.75) is 110 Å². The molecule has 1 unspecified atom stereocenters. The maximum absolute atomic E-state index is 14.7. The van der Waals surface area contributed by atoms with Crippen LogP contribution in [-0.2, 0) is 14.3 Å². The Hall–Kier alpha value is -5.72. The van der Waals surface area contributed by atoms with E-state index in [1.54, 1.807) is 18.2 Å². The molecule has 0 aromatic heterocycles. The van der Waals surface area contributed by atoms with Gasteiger partial charge in [-0.3, -0.25) is 29.4 Å². The van der Waals surface area contributed by atoms with E-state index >= 15 is 0 Å². The maximum Gasteiger partial charge on any atom is 0.255 e. The minimum absolute atomic E-state index is 0.0414. The average molecular weight is 853 g/mol. The monoisotopic (exact) mass is 852 g/mol. The lowest BCUT2D eigenvalue weighted by Gasteiger charge is -2.63. The van der Waals surface area contributed by atoms with Crippen LogP contribution in [0.2, 0.25) is 0 Å². The molecule has 2 aliphatic carbocycles. The molecule has 15 heteroatoms. The number of carbonyl (C=O) groups excluding carboxylic acids is 4. The maximum atomic E-state index is 14.7. The number of hydrogen-bond donors (Lipinski definition) is 3. The Balaban J connectivity index is 0.897. The first-order valence-electron chi connectivity index (χ1n) is 21.4. The first-order chi connectivity index (χ1) is 29.5. The van der Waals surface area contributed by atoms with E-state index in [-0.39, 0.29) is 71.6 Å². The Labute approximate surface area is 362 Å². The van der Waals surface area contributed by atoms with Crippen molar-refractivity contribution in [1.29, 1.82) is 5.26 Å². The lowest BCUT2D eigenvalue weighted by atomic mass is 9.49. The van der Waals surface area contributed by atoms with Crippen molar-refractivity contribution in [2.75, 3.05) is 38.3 Å². The van der Waals surface area contributed by atoms with Gasteiger partial charge in [0.05, 0.1) is 30.9 Å². The Morgan fingerprint density at radius 3 is 2.34 bits per heavy atom. The van der Waals surface area contributed by atoms with Crippen molar-refractivity contribution >= 4 is 29.3 Å². The zero-order valence-corrected chi connectivity index (χ0v) is 36.5. The second-order valence-electron chi connectivity index (χ2n) is 18.3. The number of halogens is 1. The van der Waals surface area contributed by atoms with Crippen LogP contribution in [0.25, 0.3) is 0 Å². The molecule has 3 aromatic rings. The van der Waals surface area contributed by atoms with Gasteiger partial charge >= 0.3 is 0 Å². The third kappa shape index (κ3) is 9.22. The number of ether oxygens (including phenoxy) is 4. The van der Waals surface area contributed by atoms with Crippen molar-refractivity contribution in [3.8, 4) is 23.3 Å². The third-order valence-corrected chi connectivity index (χ3v) is 12.9. The molecule has 0 spiro atoms. The van der Waals surface area contributed by atoms with E-state index in [9.17, 15) is 28.8 Å². The van der Waals surface area contributed by atoms with E-state index in [0.717, 1.165) is 31.6 Å². The van der Waals surface area contributed by atoms with Crippen molar-refractivity contribution in [2.24, 2.45) is 10.8 Å². The highest BCUT2D eigenvalue weighted by molar-refractivity contribution is 6.04. The van der Waals surface area contributed by atoms with Crippen molar-refractivity contribution < 1.29 is 42.5 Å². The van der Waals surface area contributed by atoms with Crippen molar-refractivity contribution in [1.82, 2.24) is 20.9 Å². The van der Waals surface area contributed by atoms with Gasteiger partial charge in [-0.15, -0.1) is 0 Å². The molecule has 2 heterocycles. The molecule has 62 heavy (non-hydrogen) atoms. The fraction of sp³-hybridized carbons (Fsp3) is 0.511. The summed E-state index contributed by atoms with van der Waals surface area (Å²) in [5.41, 5.74) is 1.04. The Morgan fingerprint density at radius 1 is 0.984 bits per heavy atom. The number of imide groups is 1. The van der Waals surface area contributed by atoms with E-state index in [2.05, 4.69) is 73.4 Å². The van der Waals surface area contributed by atoms with Gasteiger partial charge in [0.1, 0.15) is 47.4 Å². The molecule has 2 saturated heterocycles. The Bertz CT molecular complexity index is 2200. The fourth-order valence-electron chi connectivity index (χ4n) is 9.81. The number of amides is 4. The summed E-state index contributed by atoms with van der Waals surface area (Å²) in [6, 6.07) is 18.5. The predicted octanol–water partition coefficient (Wildman–Crippen LogP) is 5.38. The standard InChI is InChI=1S/C47H57FN6O8/c1-27(2)54(31-20-34(21-31)61-32-14-15-37(48)36(22-32)42(57)50-38-16-17-40(55)51-43(38)58)26-35-25-53(18-19-60-35)30-11-8-28(9-12-30)41(56)52-44-46(3,4)45(47(44,5)6)62-33-13-10-29(24-49)39(23-33)59-7/h8-15,22-23,27,31,34-35,38,44-45H,16-21,25-26H2,1-7H3,(H,50,57)(H,52,56)(H,51,55,58)/t31?,34?,35?,38-,44?,45?/m0/s1. The molecule has 3 N–H and O–H groups in total. The van der Waals surface area contributed by atoms with Gasteiger partial charge in [0.25, 0.3) is 11.8 Å². The lowest BCUT2D eigenvalue weighted by molar-refractivity contribution is -0.164. The molecule has 2 atom stereocenters. The van der Waals surface area contributed by atoms with Crippen LogP contribution in [0.1, 0.15) is 93.5 Å². The number of carbonyl (C=O) groups is 4. The highest BCUT2D eigenvalue weighted by atomic mass is 19.1. The van der Waals surface area contributed by atoms with Crippen LogP contribution >= 0.6 is 0 Å². The van der Waals surface area contributed by atoms with Gasteiger partial charge in [-0.25, -0.2) is 4.39 Å². The molecule has 4 fully saturated rings. The number of rotatable bonds is 14. The average Bonchev–Trinajstić information content (AvgIpc) is 3.23. The van der Waals surface area contributed by atoms with Crippen LogP contribution < -0.4 is 35.1 Å². The number of methoxy groups -OCH3 is 1. The van der Waals surface area contributed by atoms with Gasteiger partial charge in [-0.2, -0.15) is 5.26 Å². The molecule has 3 aromatic carbocycles. The summed E-state index contributed by atoms with van der Waals surface area (Å²) in [4.78, 5) is 54.8. The summed E-state index contributed by atoms with van der Waals surface area (Å²) in [7, 11) is 1.52. The van der Waals surface area contributed by atoms with Gasteiger partial charge in [0, 0.05) is 85.2 Å². The quantitative estimate of drug-likeness (QED) is 0.178. The van der Waals surface area contributed by atoms with Crippen molar-refractivity contribution in [3.05, 3.63) is 83.2 Å². The number of morpholine rings is 1. The summed E-state index contributed by atoms with van der Waals surface area (Å²) in [6.07, 6.45) is 1.39. The Morgan fingerprint density at radius 2 is 1.68 bits per heavy atom. The van der Waals surface area contributed by atoms with Crippen LogP contribution in [0.5, 0.6) is 17.2 Å². The second kappa shape index (κ2) is 17.9. The molecule has 2 saturated carbocycles. The molecule has 0 bridgehead atoms. The summed E-state index contributed by atoms with van der Waals surface area (Å²) in [6.45, 7) is 15.4. The number of benzene rings is 3. The molecule has 14 nitrogen and oxygen atoms in total.